The van der Waals surface area contributed by atoms with Gasteiger partial charge in [-0.25, -0.2) is 0 Å². The van der Waals surface area contributed by atoms with E-state index in [1.54, 1.807) is 6.21 Å². The van der Waals surface area contributed by atoms with Crippen LogP contribution in [0.25, 0.3) is 0 Å². The zero-order valence-corrected chi connectivity index (χ0v) is 31.7. The van der Waals surface area contributed by atoms with E-state index in [-0.39, 0.29) is 32.0 Å². The van der Waals surface area contributed by atoms with Crippen LogP contribution in [0, 0.1) is 0 Å². The van der Waals surface area contributed by atoms with E-state index in [9.17, 15) is 30.3 Å². The summed E-state index contributed by atoms with van der Waals surface area (Å²) in [6, 6.07) is -3.62. The third-order valence-electron chi connectivity index (χ3n) is 10.0. The molecule has 1 aliphatic carbocycles. The Morgan fingerprint density at radius 3 is 2.26 bits per heavy atom. The summed E-state index contributed by atoms with van der Waals surface area (Å²) in [6.07, 6.45) is 0.994. The number of nitrogens with one attached hydrogen (secondary N) is 1. The van der Waals surface area contributed by atoms with Crippen molar-refractivity contribution in [3.63, 3.8) is 0 Å². The Hall–Kier alpha value is -2.16. The number of rotatable bonds is 18. The summed E-state index contributed by atoms with van der Waals surface area (Å²) in [5.41, 5.74) is 28.4. The van der Waals surface area contributed by atoms with Crippen molar-refractivity contribution in [2.24, 2.45) is 27.9 Å². The predicted octanol–water partition coefficient (Wildman–Crippen LogP) is -0.868. The normalized spacial score (nSPS) is 36.4. The number of carbonyl (C=O) groups is 1. The van der Waals surface area contributed by atoms with Crippen LogP contribution >= 0.6 is 0 Å². The fraction of sp³-hybridized carbons (Fsp3) is 0.784. The van der Waals surface area contributed by atoms with E-state index in [2.05, 4.69) is 43.2 Å². The molecule has 0 radical (unpaired) electrons. The molecule has 3 aliphatic rings. The first-order valence-corrected chi connectivity index (χ1v) is 18.8. The van der Waals surface area contributed by atoms with Gasteiger partial charge < -0.3 is 72.7 Å². The highest BCUT2D eigenvalue weighted by Gasteiger charge is 2.51. The summed E-state index contributed by atoms with van der Waals surface area (Å²) < 4.78 is 23.7. The van der Waals surface area contributed by atoms with Crippen molar-refractivity contribution in [2.75, 3.05) is 19.7 Å². The smallest absolute Gasteiger partial charge is 0.249 e. The molecule has 0 bridgehead atoms. The first kappa shape index (κ1) is 45.2. The number of hydrogen-bond donors (Lipinski definition) is 10. The monoisotopic (exact) mass is 754 g/mol. The molecule has 14 atom stereocenters. The zero-order chi connectivity index (χ0) is 39.2. The number of allylic oxidation sites excluding steroid dienone is 6. The maximum absolute atomic E-state index is 13.2. The molecule has 0 spiro atoms. The quantitative estimate of drug-likeness (QED) is 0.0602. The standard InChI is InChI=1S/C37H66N6O10/c1-20(2)7-5-8-21(3)9-6-10-22(4)13-15-42-16-14-27(45)35(49)43-26-17-25(40)33(52-36-24(39)12-11-23(18-38)50-36)32(48)34(26)53-37-31(47)29(41)30(46)28(19-44)51-37/h7,9,13,15,23-34,36-37,44-48H,5-6,8,10-12,14,16-19,38-41H2,1-4H3,(H,43,49)/b21-9+,22-13+,42-15+. The lowest BCUT2D eigenvalue weighted by Crippen LogP contribution is -2.69. The van der Waals surface area contributed by atoms with E-state index in [1.807, 2.05) is 13.0 Å². The minimum absolute atomic E-state index is 0.0143. The molecule has 53 heavy (non-hydrogen) atoms. The Morgan fingerprint density at radius 1 is 0.906 bits per heavy atom. The van der Waals surface area contributed by atoms with Crippen molar-refractivity contribution in [1.82, 2.24) is 5.32 Å². The van der Waals surface area contributed by atoms with E-state index < -0.39 is 92.0 Å². The largest absolute Gasteiger partial charge is 0.394 e. The van der Waals surface area contributed by atoms with Gasteiger partial charge in [-0.1, -0.05) is 28.9 Å². The number of nitrogens with zero attached hydrogens (tertiary/aromatic N) is 1. The van der Waals surface area contributed by atoms with E-state index in [1.165, 1.54) is 11.1 Å². The molecule has 2 saturated heterocycles. The molecule has 2 aliphatic heterocycles. The van der Waals surface area contributed by atoms with Gasteiger partial charge in [-0.05, 0) is 78.7 Å². The van der Waals surface area contributed by atoms with E-state index in [4.69, 9.17) is 41.9 Å². The summed E-state index contributed by atoms with van der Waals surface area (Å²) >= 11 is 0. The first-order valence-electron chi connectivity index (χ1n) is 18.8. The second-order valence-corrected chi connectivity index (χ2v) is 14.9. The van der Waals surface area contributed by atoms with Gasteiger partial charge in [-0.2, -0.15) is 0 Å². The number of nitrogens with two attached hydrogens (primary N) is 4. The van der Waals surface area contributed by atoms with Crippen LogP contribution in [0.3, 0.4) is 0 Å². The van der Waals surface area contributed by atoms with Crippen LogP contribution in [0.1, 0.15) is 79.1 Å². The molecule has 0 aromatic heterocycles. The van der Waals surface area contributed by atoms with Crippen LogP contribution in [-0.2, 0) is 23.7 Å². The number of aliphatic hydroxyl groups is 5. The third-order valence-corrected chi connectivity index (χ3v) is 10.0. The molecular formula is C37H66N6O10. The van der Waals surface area contributed by atoms with Gasteiger partial charge in [0, 0.05) is 31.8 Å². The van der Waals surface area contributed by atoms with Crippen LogP contribution < -0.4 is 28.3 Å². The van der Waals surface area contributed by atoms with Gasteiger partial charge in [0.25, 0.3) is 0 Å². The van der Waals surface area contributed by atoms with E-state index >= 15 is 0 Å². The summed E-state index contributed by atoms with van der Waals surface area (Å²) in [7, 11) is 0. The Morgan fingerprint density at radius 2 is 1.58 bits per heavy atom. The fourth-order valence-corrected chi connectivity index (χ4v) is 6.64. The fourth-order valence-electron chi connectivity index (χ4n) is 6.64. The molecule has 14 N–H and O–H groups in total. The minimum Gasteiger partial charge on any atom is -0.394 e. The molecule has 0 aromatic carbocycles. The first-order chi connectivity index (χ1) is 25.2. The van der Waals surface area contributed by atoms with Gasteiger partial charge in [-0.15, -0.1) is 0 Å². The van der Waals surface area contributed by atoms with E-state index in [0.29, 0.717) is 12.8 Å². The van der Waals surface area contributed by atoms with Crippen molar-refractivity contribution in [1.29, 1.82) is 0 Å². The maximum atomic E-state index is 13.2. The summed E-state index contributed by atoms with van der Waals surface area (Å²) in [4.78, 5) is 17.5. The van der Waals surface area contributed by atoms with Crippen molar-refractivity contribution < 1.29 is 49.3 Å². The molecule has 1 saturated carbocycles. The maximum Gasteiger partial charge on any atom is 0.249 e. The highest BCUT2D eigenvalue weighted by atomic mass is 16.7. The molecule has 2 heterocycles. The number of aliphatic imine (C=N–C) groups is 1. The van der Waals surface area contributed by atoms with Gasteiger partial charge >= 0.3 is 0 Å². The van der Waals surface area contributed by atoms with Crippen molar-refractivity contribution in [2.45, 2.75) is 165 Å². The van der Waals surface area contributed by atoms with Crippen molar-refractivity contribution in [3.05, 3.63) is 34.9 Å². The third kappa shape index (κ3) is 13.8. The van der Waals surface area contributed by atoms with Crippen LogP contribution in [0.4, 0.5) is 0 Å². The van der Waals surface area contributed by atoms with Gasteiger partial charge in [0.15, 0.2) is 12.6 Å². The number of hydrogen-bond acceptors (Lipinski definition) is 15. The predicted molar refractivity (Wildman–Crippen MR) is 200 cm³/mol. The molecule has 16 heteroatoms. The lowest BCUT2D eigenvalue weighted by molar-refractivity contribution is -0.314. The van der Waals surface area contributed by atoms with Crippen LogP contribution in [0.2, 0.25) is 0 Å². The van der Waals surface area contributed by atoms with Crippen molar-refractivity contribution in [3.8, 4) is 0 Å². The van der Waals surface area contributed by atoms with E-state index in [0.717, 1.165) is 31.3 Å². The average molecular weight is 755 g/mol. The molecule has 14 unspecified atom stereocenters. The lowest BCUT2D eigenvalue weighted by atomic mass is 9.83. The van der Waals surface area contributed by atoms with Crippen LogP contribution in [0.5, 0.6) is 0 Å². The molecule has 3 rings (SSSR count). The summed E-state index contributed by atoms with van der Waals surface area (Å²) in [6.45, 7) is 8.19. The summed E-state index contributed by atoms with van der Waals surface area (Å²) in [5, 5.41) is 55.9. The number of aliphatic hydroxyl groups excluding tert-OH is 5. The Bertz CT molecular complexity index is 1250. The minimum atomic E-state index is -1.56. The Balaban J connectivity index is 1.63. The molecular weight excluding hydrogens is 688 g/mol. The topological polar surface area (TPSA) is 284 Å². The van der Waals surface area contributed by atoms with Crippen molar-refractivity contribution >= 4 is 12.1 Å². The van der Waals surface area contributed by atoms with Crippen LogP contribution in [-0.4, -0.2) is 143 Å². The van der Waals surface area contributed by atoms with Crippen LogP contribution in [0.15, 0.2) is 39.9 Å². The number of carbonyl (C=O) groups excluding carboxylic acids is 1. The second kappa shape index (κ2) is 22.4. The molecule has 304 valence electrons. The molecule has 1 amide bonds. The number of ether oxygens (including phenoxy) is 4. The highest BCUT2D eigenvalue weighted by Crippen LogP contribution is 2.31. The Labute approximate surface area is 313 Å². The second-order valence-electron chi connectivity index (χ2n) is 14.9. The lowest BCUT2D eigenvalue weighted by Gasteiger charge is -2.48. The van der Waals surface area contributed by atoms with Gasteiger partial charge in [0.1, 0.15) is 42.7 Å². The van der Waals surface area contributed by atoms with Gasteiger partial charge in [0.05, 0.1) is 30.8 Å². The number of amides is 1. The average Bonchev–Trinajstić information content (AvgIpc) is 3.11. The highest BCUT2D eigenvalue weighted by molar-refractivity contribution is 5.81. The summed E-state index contributed by atoms with van der Waals surface area (Å²) in [5.74, 6) is -0.745. The van der Waals surface area contributed by atoms with Gasteiger partial charge in [-0.3, -0.25) is 9.79 Å². The Kier molecular flexibility index (Phi) is 19.1. The van der Waals surface area contributed by atoms with Gasteiger partial charge in [0.2, 0.25) is 5.91 Å². The SMILES string of the molecule is CC(C)=CCC/C(C)=C/CC/C(C)=C/C=N/CCC(O)C(=O)NC1CC(N)C(OC2OC(CN)CCC2N)C(O)C1OC1OC(CO)C(O)C(N)C1O. The molecule has 0 aromatic rings. The molecule has 16 nitrogen and oxygen atoms in total. The molecule has 3 fully saturated rings. The zero-order valence-electron chi connectivity index (χ0n) is 31.7.